The number of hydrogen-bond donors (Lipinski definition) is 0. The predicted octanol–water partition coefficient (Wildman–Crippen LogP) is 4.47. The third-order valence-electron chi connectivity index (χ3n) is 3.87. The number of esters is 1. The molecule has 2 heterocycles. The molecule has 0 radical (unpaired) electrons. The van der Waals surface area contributed by atoms with E-state index in [4.69, 9.17) is 16.3 Å². The Morgan fingerprint density at radius 3 is 2.76 bits per heavy atom. The Morgan fingerprint density at radius 2 is 2.00 bits per heavy atom. The number of anilines is 1. The van der Waals surface area contributed by atoms with Gasteiger partial charge in [-0.05, 0) is 36.4 Å². The molecular weight excluding hydrogens is 376 g/mol. The van der Waals surface area contributed by atoms with Crippen molar-refractivity contribution in [3.63, 3.8) is 0 Å². The van der Waals surface area contributed by atoms with Gasteiger partial charge >= 0.3 is 5.97 Å². The number of aromatic nitrogens is 1. The van der Waals surface area contributed by atoms with Crippen molar-refractivity contribution in [1.29, 1.82) is 0 Å². The number of fused-ring (bicyclic) bond motifs is 1. The summed E-state index contributed by atoms with van der Waals surface area (Å²) >= 11 is 8.98. The first-order valence-corrected chi connectivity index (χ1v) is 10.0. The van der Waals surface area contributed by atoms with Crippen LogP contribution in [0.4, 0.5) is 5.13 Å². The molecule has 4 rings (SSSR count). The van der Waals surface area contributed by atoms with Gasteiger partial charge in [0.15, 0.2) is 5.13 Å². The second-order valence-corrected chi connectivity index (χ2v) is 8.22. The molecule has 0 saturated carbocycles. The lowest BCUT2D eigenvalue weighted by molar-refractivity contribution is -0.146. The number of carbonyl (C=O) groups is 1. The molecule has 7 heteroatoms. The number of halogens is 1. The minimum atomic E-state index is -0.186. The maximum Gasteiger partial charge on any atom is 0.316 e. The number of para-hydroxylation sites is 1. The van der Waals surface area contributed by atoms with Gasteiger partial charge in [0.25, 0.3) is 0 Å². The molecule has 1 saturated heterocycles. The summed E-state index contributed by atoms with van der Waals surface area (Å²) in [6, 6.07) is 15.5. The number of nitrogens with zero attached hydrogens (tertiary/aromatic N) is 2. The van der Waals surface area contributed by atoms with E-state index in [1.807, 2.05) is 42.5 Å². The first-order valence-electron chi connectivity index (χ1n) is 7.86. The van der Waals surface area contributed by atoms with E-state index < -0.39 is 0 Å². The fourth-order valence-electron chi connectivity index (χ4n) is 2.56. The summed E-state index contributed by atoms with van der Waals surface area (Å²) in [5.74, 6) is 0.119. The van der Waals surface area contributed by atoms with E-state index in [9.17, 15) is 4.79 Å². The van der Waals surface area contributed by atoms with Crippen LogP contribution < -0.4 is 4.90 Å². The van der Waals surface area contributed by atoms with E-state index in [2.05, 4.69) is 16.0 Å². The zero-order chi connectivity index (χ0) is 17.2. The van der Waals surface area contributed by atoms with E-state index >= 15 is 0 Å². The van der Waals surface area contributed by atoms with Crippen LogP contribution in [0.3, 0.4) is 0 Å². The Labute approximate surface area is 158 Å². The van der Waals surface area contributed by atoms with Crippen molar-refractivity contribution in [2.24, 2.45) is 0 Å². The predicted molar refractivity (Wildman–Crippen MR) is 104 cm³/mol. The highest BCUT2D eigenvalue weighted by Gasteiger charge is 2.32. The fraction of sp³-hybridized carbons (Fsp3) is 0.222. The molecule has 1 fully saturated rings. The highest BCUT2D eigenvalue weighted by Crippen LogP contribution is 2.32. The van der Waals surface area contributed by atoms with Gasteiger partial charge in [-0.15, -0.1) is 11.8 Å². The number of hydrogen-bond acceptors (Lipinski definition) is 6. The Balaban J connectivity index is 1.25. The first kappa shape index (κ1) is 16.7. The molecule has 25 heavy (non-hydrogen) atoms. The summed E-state index contributed by atoms with van der Waals surface area (Å²) in [5, 5.41) is 1.68. The largest absolute Gasteiger partial charge is 0.458 e. The number of rotatable bonds is 5. The van der Waals surface area contributed by atoms with Crippen molar-refractivity contribution in [3.05, 3.63) is 53.6 Å². The van der Waals surface area contributed by atoms with Gasteiger partial charge in [-0.25, -0.2) is 4.98 Å². The van der Waals surface area contributed by atoms with Crippen molar-refractivity contribution in [3.8, 4) is 0 Å². The molecule has 4 nitrogen and oxygen atoms in total. The minimum Gasteiger partial charge on any atom is -0.458 e. The number of carbonyl (C=O) groups excluding carboxylic acids is 1. The lowest BCUT2D eigenvalue weighted by Crippen LogP contribution is -2.53. The van der Waals surface area contributed by atoms with Crippen molar-refractivity contribution < 1.29 is 9.53 Å². The highest BCUT2D eigenvalue weighted by molar-refractivity contribution is 8.00. The van der Waals surface area contributed by atoms with E-state index in [0.29, 0.717) is 23.9 Å². The molecule has 0 atom stereocenters. The van der Waals surface area contributed by atoms with Gasteiger partial charge in [-0.2, -0.15) is 0 Å². The number of thiazole rings is 1. The SMILES string of the molecule is O=C(CSc1ccc(Cl)cc1)OC1CN(c2nc3ccccc3s2)C1. The van der Waals surface area contributed by atoms with Gasteiger partial charge in [0.05, 0.1) is 29.1 Å². The summed E-state index contributed by atoms with van der Waals surface area (Å²) < 4.78 is 6.69. The quantitative estimate of drug-likeness (QED) is 0.475. The smallest absolute Gasteiger partial charge is 0.316 e. The maximum atomic E-state index is 12.0. The molecule has 0 bridgehead atoms. The zero-order valence-corrected chi connectivity index (χ0v) is 15.6. The second kappa shape index (κ2) is 7.23. The topological polar surface area (TPSA) is 42.4 Å². The van der Waals surface area contributed by atoms with E-state index in [-0.39, 0.29) is 12.1 Å². The summed E-state index contributed by atoms with van der Waals surface area (Å²) in [6.07, 6.45) is -0.0506. The number of ether oxygens (including phenoxy) is 1. The molecule has 3 aromatic rings. The fourth-order valence-corrected chi connectivity index (χ4v) is 4.35. The van der Waals surface area contributed by atoms with Crippen LogP contribution in [0.1, 0.15) is 0 Å². The van der Waals surface area contributed by atoms with Gasteiger partial charge in [0.2, 0.25) is 0 Å². The monoisotopic (exact) mass is 390 g/mol. The molecule has 0 amide bonds. The van der Waals surface area contributed by atoms with Crippen LogP contribution in [-0.4, -0.2) is 35.9 Å². The van der Waals surface area contributed by atoms with Crippen molar-refractivity contribution in [2.75, 3.05) is 23.7 Å². The molecular formula is C18H15ClN2O2S2. The van der Waals surface area contributed by atoms with Gasteiger partial charge in [-0.3, -0.25) is 4.79 Å². The lowest BCUT2D eigenvalue weighted by Gasteiger charge is -2.38. The average Bonchev–Trinajstić information content (AvgIpc) is 3.00. The molecule has 0 aliphatic carbocycles. The van der Waals surface area contributed by atoms with Crippen LogP contribution in [0.15, 0.2) is 53.4 Å². The number of benzene rings is 2. The molecule has 1 aliphatic rings. The third kappa shape index (κ3) is 3.92. The van der Waals surface area contributed by atoms with E-state index in [0.717, 1.165) is 15.5 Å². The molecule has 0 spiro atoms. The lowest BCUT2D eigenvalue weighted by atomic mass is 10.2. The summed E-state index contributed by atoms with van der Waals surface area (Å²) in [7, 11) is 0. The van der Waals surface area contributed by atoms with E-state index in [1.54, 1.807) is 11.3 Å². The molecule has 1 aromatic heterocycles. The number of thioether (sulfide) groups is 1. The second-order valence-electron chi connectivity index (χ2n) is 5.72. The molecule has 2 aromatic carbocycles. The van der Waals surface area contributed by atoms with Crippen molar-refractivity contribution >= 4 is 56.0 Å². The molecule has 0 unspecified atom stereocenters. The van der Waals surface area contributed by atoms with Crippen LogP contribution >= 0.6 is 34.7 Å². The van der Waals surface area contributed by atoms with Crippen LogP contribution in [-0.2, 0) is 9.53 Å². The Morgan fingerprint density at radius 1 is 1.24 bits per heavy atom. The van der Waals surface area contributed by atoms with Crippen LogP contribution in [0.5, 0.6) is 0 Å². The van der Waals surface area contributed by atoms with Gasteiger partial charge in [0.1, 0.15) is 6.10 Å². The highest BCUT2D eigenvalue weighted by atomic mass is 35.5. The van der Waals surface area contributed by atoms with Gasteiger partial charge in [-0.1, -0.05) is 35.1 Å². The molecule has 1 aliphatic heterocycles. The van der Waals surface area contributed by atoms with Gasteiger partial charge in [0, 0.05) is 9.92 Å². The van der Waals surface area contributed by atoms with Crippen LogP contribution in [0.25, 0.3) is 10.2 Å². The average molecular weight is 391 g/mol. The van der Waals surface area contributed by atoms with Crippen LogP contribution in [0, 0.1) is 0 Å². The van der Waals surface area contributed by atoms with Crippen LogP contribution in [0.2, 0.25) is 5.02 Å². The van der Waals surface area contributed by atoms with Crippen molar-refractivity contribution in [2.45, 2.75) is 11.0 Å². The molecule has 128 valence electrons. The Kier molecular flexibility index (Phi) is 4.83. The minimum absolute atomic E-state index is 0.0506. The zero-order valence-electron chi connectivity index (χ0n) is 13.2. The summed E-state index contributed by atoms with van der Waals surface area (Å²) in [5.41, 5.74) is 1.02. The Hall–Kier alpha value is -1.76. The Bertz CT molecular complexity index is 858. The standard InChI is InChI=1S/C18H15ClN2O2S2/c19-12-5-7-14(8-6-12)24-11-17(22)23-13-9-21(10-13)18-20-15-3-1-2-4-16(15)25-18/h1-8,13H,9-11H2. The van der Waals surface area contributed by atoms with Crippen molar-refractivity contribution in [1.82, 2.24) is 4.98 Å². The first-order chi connectivity index (χ1) is 12.2. The van der Waals surface area contributed by atoms with Gasteiger partial charge < -0.3 is 9.64 Å². The van der Waals surface area contributed by atoms with E-state index in [1.165, 1.54) is 16.5 Å². The third-order valence-corrected chi connectivity index (χ3v) is 6.20. The normalized spacial score (nSPS) is 14.5. The molecule has 0 N–H and O–H groups in total. The maximum absolute atomic E-state index is 12.0. The summed E-state index contributed by atoms with van der Waals surface area (Å²) in [4.78, 5) is 19.7. The summed E-state index contributed by atoms with van der Waals surface area (Å²) in [6.45, 7) is 1.41.